The van der Waals surface area contributed by atoms with E-state index in [4.69, 9.17) is 9.83 Å². The molecular formula is C18H14N2O3. The molecule has 1 heterocycles. The van der Waals surface area contributed by atoms with Crippen molar-refractivity contribution in [2.75, 3.05) is 5.32 Å². The third-order valence-corrected chi connectivity index (χ3v) is 3.47. The largest absolute Gasteiger partial charge is 0.438 e. The minimum Gasteiger partial charge on any atom is -0.438 e. The minimum atomic E-state index is -0.430. The van der Waals surface area contributed by atoms with E-state index in [9.17, 15) is 9.59 Å². The lowest BCUT2D eigenvalue weighted by atomic mass is 10.1. The second-order valence-electron chi connectivity index (χ2n) is 5.11. The molecule has 3 aromatic rings. The predicted octanol–water partition coefficient (Wildman–Crippen LogP) is 3.37. The Morgan fingerprint density at radius 1 is 1.04 bits per heavy atom. The summed E-state index contributed by atoms with van der Waals surface area (Å²) in [5.41, 5.74) is 1.64. The molecule has 2 N–H and O–H groups in total. The average molecular weight is 306 g/mol. The molecule has 3 rings (SSSR count). The number of para-hydroxylation sites is 1. The Labute approximate surface area is 132 Å². The van der Waals surface area contributed by atoms with Crippen molar-refractivity contribution in [2.24, 2.45) is 0 Å². The Morgan fingerprint density at radius 2 is 1.74 bits per heavy atom. The molecule has 0 unspecified atom stereocenters. The van der Waals surface area contributed by atoms with Crippen LogP contribution in [0.15, 0.2) is 59.0 Å². The van der Waals surface area contributed by atoms with Crippen LogP contribution in [-0.4, -0.2) is 11.7 Å². The Kier molecular flexibility index (Phi) is 3.76. The lowest BCUT2D eigenvalue weighted by molar-refractivity contribution is 0.101. The van der Waals surface area contributed by atoms with Gasteiger partial charge in [-0.3, -0.25) is 15.0 Å². The summed E-state index contributed by atoms with van der Waals surface area (Å²) in [6, 6.07) is 15.4. The van der Waals surface area contributed by atoms with Crippen molar-refractivity contribution in [3.8, 4) is 0 Å². The van der Waals surface area contributed by atoms with Crippen molar-refractivity contribution >= 4 is 28.3 Å². The number of nitrogens with one attached hydrogen (secondary N) is 2. The zero-order valence-electron chi connectivity index (χ0n) is 12.4. The topological polar surface area (TPSA) is 83.2 Å². The van der Waals surface area contributed by atoms with E-state index in [-0.39, 0.29) is 16.9 Å². The van der Waals surface area contributed by atoms with Gasteiger partial charge in [-0.25, -0.2) is 0 Å². The number of rotatable bonds is 3. The van der Waals surface area contributed by atoms with E-state index in [1.54, 1.807) is 36.4 Å². The van der Waals surface area contributed by atoms with Gasteiger partial charge in [0.1, 0.15) is 11.1 Å². The molecule has 0 aliphatic carbocycles. The van der Waals surface area contributed by atoms with Crippen LogP contribution >= 0.6 is 0 Å². The number of ketones is 1. The quantitative estimate of drug-likeness (QED) is 0.728. The van der Waals surface area contributed by atoms with Crippen molar-refractivity contribution in [1.29, 1.82) is 5.41 Å². The number of hydrogen-bond donors (Lipinski definition) is 2. The molecule has 0 radical (unpaired) electrons. The number of anilines is 1. The number of benzene rings is 2. The molecule has 5 nitrogen and oxygen atoms in total. The van der Waals surface area contributed by atoms with Gasteiger partial charge in [0.05, 0.1) is 0 Å². The highest BCUT2D eigenvalue weighted by molar-refractivity contribution is 6.05. The number of amides is 1. The maximum Gasteiger partial charge on any atom is 0.261 e. The molecule has 1 aromatic heterocycles. The molecule has 0 spiro atoms. The first-order valence-electron chi connectivity index (χ1n) is 7.04. The Balaban J connectivity index is 1.89. The van der Waals surface area contributed by atoms with Crippen LogP contribution in [0.1, 0.15) is 27.6 Å². The van der Waals surface area contributed by atoms with Gasteiger partial charge in [0.2, 0.25) is 5.55 Å². The molecular weight excluding hydrogens is 292 g/mol. The van der Waals surface area contributed by atoms with Crippen molar-refractivity contribution in [2.45, 2.75) is 6.92 Å². The first-order valence-corrected chi connectivity index (χ1v) is 7.04. The summed E-state index contributed by atoms with van der Waals surface area (Å²) in [6.45, 7) is 1.48. The summed E-state index contributed by atoms with van der Waals surface area (Å²) in [4.78, 5) is 23.6. The van der Waals surface area contributed by atoms with Gasteiger partial charge in [-0.1, -0.05) is 18.2 Å². The second-order valence-corrected chi connectivity index (χ2v) is 5.11. The third-order valence-electron chi connectivity index (χ3n) is 3.47. The zero-order valence-corrected chi connectivity index (χ0v) is 12.4. The molecule has 5 heteroatoms. The normalized spacial score (nSPS) is 10.5. The van der Waals surface area contributed by atoms with E-state index in [0.717, 1.165) is 5.39 Å². The lowest BCUT2D eigenvalue weighted by Gasteiger charge is -2.06. The van der Waals surface area contributed by atoms with Crippen LogP contribution in [0.5, 0.6) is 0 Å². The van der Waals surface area contributed by atoms with Crippen LogP contribution in [0.25, 0.3) is 11.0 Å². The van der Waals surface area contributed by atoms with E-state index in [0.29, 0.717) is 16.8 Å². The van der Waals surface area contributed by atoms with E-state index >= 15 is 0 Å². The van der Waals surface area contributed by atoms with Crippen LogP contribution in [0, 0.1) is 5.41 Å². The Hall–Kier alpha value is -3.21. The SMILES string of the molecule is CC(=O)c1ccc(NC(=O)c2cc3ccccc3oc2=N)cc1. The van der Waals surface area contributed by atoms with Gasteiger partial charge in [0.25, 0.3) is 5.91 Å². The van der Waals surface area contributed by atoms with Gasteiger partial charge in [0, 0.05) is 16.6 Å². The van der Waals surface area contributed by atoms with Crippen molar-refractivity contribution < 1.29 is 14.0 Å². The van der Waals surface area contributed by atoms with Gasteiger partial charge < -0.3 is 9.73 Å². The number of carbonyl (C=O) groups is 2. The number of Topliss-reactive ketones (excluding diaryl/α,β-unsaturated/α-hetero) is 1. The lowest BCUT2D eigenvalue weighted by Crippen LogP contribution is -2.20. The summed E-state index contributed by atoms with van der Waals surface area (Å²) < 4.78 is 5.36. The molecule has 23 heavy (non-hydrogen) atoms. The molecule has 0 atom stereocenters. The molecule has 0 aliphatic heterocycles. The highest BCUT2D eigenvalue weighted by atomic mass is 16.3. The summed E-state index contributed by atoms with van der Waals surface area (Å²) in [5.74, 6) is -0.468. The van der Waals surface area contributed by atoms with E-state index in [1.807, 2.05) is 18.2 Å². The minimum absolute atomic E-state index is 0.0374. The number of fused-ring (bicyclic) bond motifs is 1. The summed E-state index contributed by atoms with van der Waals surface area (Å²) >= 11 is 0. The molecule has 114 valence electrons. The van der Waals surface area contributed by atoms with Crippen molar-refractivity contribution in [1.82, 2.24) is 0 Å². The molecule has 2 aromatic carbocycles. The van der Waals surface area contributed by atoms with Crippen LogP contribution in [0.2, 0.25) is 0 Å². The smallest absolute Gasteiger partial charge is 0.261 e. The van der Waals surface area contributed by atoms with E-state index in [1.165, 1.54) is 6.92 Å². The van der Waals surface area contributed by atoms with E-state index in [2.05, 4.69) is 5.32 Å². The predicted molar refractivity (Wildman–Crippen MR) is 86.5 cm³/mol. The van der Waals surface area contributed by atoms with Crippen LogP contribution in [0.3, 0.4) is 0 Å². The van der Waals surface area contributed by atoms with Crippen LogP contribution < -0.4 is 10.9 Å². The fourth-order valence-electron chi connectivity index (χ4n) is 2.23. The molecule has 0 fully saturated rings. The summed E-state index contributed by atoms with van der Waals surface area (Å²) in [6.07, 6.45) is 0. The maximum atomic E-state index is 12.3. The monoisotopic (exact) mass is 306 g/mol. The summed E-state index contributed by atoms with van der Waals surface area (Å²) in [5, 5.41) is 11.3. The van der Waals surface area contributed by atoms with Crippen LogP contribution in [-0.2, 0) is 0 Å². The fraction of sp³-hybridized carbons (Fsp3) is 0.0556. The average Bonchev–Trinajstić information content (AvgIpc) is 2.54. The number of hydrogen-bond acceptors (Lipinski definition) is 4. The molecule has 0 saturated carbocycles. The first kappa shape index (κ1) is 14.7. The number of carbonyl (C=O) groups excluding carboxylic acids is 2. The summed E-state index contributed by atoms with van der Waals surface area (Å²) in [7, 11) is 0. The highest BCUT2D eigenvalue weighted by Gasteiger charge is 2.12. The van der Waals surface area contributed by atoms with Crippen molar-refractivity contribution in [3.05, 3.63) is 71.3 Å². The van der Waals surface area contributed by atoms with Crippen molar-refractivity contribution in [3.63, 3.8) is 0 Å². The van der Waals surface area contributed by atoms with Gasteiger partial charge in [-0.15, -0.1) is 0 Å². The van der Waals surface area contributed by atoms with Gasteiger partial charge in [-0.2, -0.15) is 0 Å². The second kappa shape index (κ2) is 5.88. The Bertz CT molecular complexity index is 956. The molecule has 0 bridgehead atoms. The highest BCUT2D eigenvalue weighted by Crippen LogP contribution is 2.15. The van der Waals surface area contributed by atoms with Gasteiger partial charge >= 0.3 is 0 Å². The molecule has 0 saturated heterocycles. The maximum absolute atomic E-state index is 12.3. The van der Waals surface area contributed by atoms with Crippen LogP contribution in [0.4, 0.5) is 5.69 Å². The standard InChI is InChI=1S/C18H14N2O3/c1-11(21)12-6-8-14(9-7-12)20-18(22)15-10-13-4-2-3-5-16(13)23-17(15)19/h2-10,19H,1H3,(H,20,22). The Morgan fingerprint density at radius 3 is 2.43 bits per heavy atom. The molecule has 0 aliphatic rings. The first-order chi connectivity index (χ1) is 11.0. The fourth-order valence-corrected chi connectivity index (χ4v) is 2.23. The van der Waals surface area contributed by atoms with E-state index < -0.39 is 5.91 Å². The van der Waals surface area contributed by atoms with Gasteiger partial charge in [0.15, 0.2) is 5.78 Å². The zero-order chi connectivity index (χ0) is 16.4. The van der Waals surface area contributed by atoms with Gasteiger partial charge in [-0.05, 0) is 43.3 Å². The molecule has 1 amide bonds. The third kappa shape index (κ3) is 3.03.